The van der Waals surface area contributed by atoms with Gasteiger partial charge in [0.05, 0.1) is 0 Å². The molecule has 11 heavy (non-hydrogen) atoms. The van der Waals surface area contributed by atoms with Gasteiger partial charge in [-0.15, -0.1) is 10.2 Å². The number of nitrogens with zero attached hydrogens (tertiary/aromatic N) is 4. The lowest BCUT2D eigenvalue weighted by Crippen LogP contribution is -1.81. The molecule has 7 nitrogen and oxygen atoms in total. The van der Waals surface area contributed by atoms with Crippen LogP contribution in [-0.2, 0) is 0 Å². The van der Waals surface area contributed by atoms with Gasteiger partial charge in [-0.05, 0) is 5.21 Å². The van der Waals surface area contributed by atoms with Crippen LogP contribution in [0.5, 0.6) is 0 Å². The number of anilines is 1. The van der Waals surface area contributed by atoms with Crippen LogP contribution in [0.2, 0.25) is 0 Å². The maximum absolute atomic E-state index is 5.36. The third-order valence-electron chi connectivity index (χ3n) is 1.18. The Balaban J connectivity index is 2.45. The topological polar surface area (TPSA) is 109 Å². The zero-order valence-electron chi connectivity index (χ0n) is 5.44. The first kappa shape index (κ1) is 5.83. The zero-order valence-corrected chi connectivity index (χ0v) is 5.44. The number of H-pyrrole nitrogens is 2. The van der Waals surface area contributed by atoms with E-state index in [-0.39, 0.29) is 0 Å². The zero-order chi connectivity index (χ0) is 7.68. The smallest absolute Gasteiger partial charge is 0.222 e. The monoisotopic (exact) mass is 151 g/mol. The van der Waals surface area contributed by atoms with Crippen molar-refractivity contribution in [2.45, 2.75) is 0 Å². The molecular formula is C4H5N7. The summed E-state index contributed by atoms with van der Waals surface area (Å²) < 4.78 is 0. The Kier molecular flexibility index (Phi) is 1.08. The van der Waals surface area contributed by atoms with Crippen LogP contribution in [0, 0.1) is 0 Å². The molecule has 2 aromatic rings. The average molecular weight is 151 g/mol. The molecule has 2 rings (SSSR count). The second kappa shape index (κ2) is 2.04. The van der Waals surface area contributed by atoms with Crippen LogP contribution in [0.25, 0.3) is 11.5 Å². The van der Waals surface area contributed by atoms with Gasteiger partial charge in [0.1, 0.15) is 11.5 Å². The number of hydrogen-bond donors (Lipinski definition) is 3. The van der Waals surface area contributed by atoms with Gasteiger partial charge in [0.15, 0.2) is 0 Å². The van der Waals surface area contributed by atoms with Gasteiger partial charge in [0.2, 0.25) is 5.82 Å². The fourth-order valence-corrected chi connectivity index (χ4v) is 0.728. The minimum Gasteiger partial charge on any atom is -0.382 e. The van der Waals surface area contributed by atoms with Gasteiger partial charge >= 0.3 is 0 Å². The minimum atomic E-state index is 0.407. The summed E-state index contributed by atoms with van der Waals surface area (Å²) in [5, 5.41) is 19.5. The molecule has 0 aliphatic carbocycles. The minimum absolute atomic E-state index is 0.407. The van der Waals surface area contributed by atoms with Gasteiger partial charge in [-0.2, -0.15) is 10.3 Å². The van der Waals surface area contributed by atoms with E-state index in [4.69, 9.17) is 5.73 Å². The number of nitrogen functional groups attached to an aromatic ring is 1. The van der Waals surface area contributed by atoms with Gasteiger partial charge < -0.3 is 5.73 Å². The van der Waals surface area contributed by atoms with Crippen molar-refractivity contribution in [2.75, 3.05) is 5.73 Å². The van der Waals surface area contributed by atoms with Gasteiger partial charge in [0, 0.05) is 6.07 Å². The fraction of sp³-hybridized carbons (Fsp3) is 0. The quantitative estimate of drug-likeness (QED) is 0.493. The SMILES string of the molecule is Nc1cc(-c2nn[nH]n2)[nH]n1. The van der Waals surface area contributed by atoms with Crippen LogP contribution in [0.1, 0.15) is 0 Å². The Hall–Kier alpha value is -1.92. The normalized spacial score (nSPS) is 10.2. The van der Waals surface area contributed by atoms with Crippen LogP contribution in [-0.4, -0.2) is 30.8 Å². The third kappa shape index (κ3) is 0.914. The van der Waals surface area contributed by atoms with Crippen molar-refractivity contribution in [2.24, 2.45) is 0 Å². The maximum atomic E-state index is 5.36. The van der Waals surface area contributed by atoms with Crippen LogP contribution in [0.15, 0.2) is 6.07 Å². The molecule has 56 valence electrons. The van der Waals surface area contributed by atoms with E-state index in [0.29, 0.717) is 17.3 Å². The van der Waals surface area contributed by atoms with Crippen LogP contribution in [0.4, 0.5) is 5.82 Å². The van der Waals surface area contributed by atoms with Gasteiger partial charge in [-0.25, -0.2) is 0 Å². The number of aromatic amines is 2. The number of nitrogens with two attached hydrogens (primary N) is 1. The van der Waals surface area contributed by atoms with E-state index in [2.05, 4.69) is 30.8 Å². The van der Waals surface area contributed by atoms with Crippen LogP contribution < -0.4 is 5.73 Å². The number of hydrogen-bond acceptors (Lipinski definition) is 5. The van der Waals surface area contributed by atoms with E-state index in [0.717, 1.165) is 0 Å². The molecule has 0 atom stereocenters. The summed E-state index contributed by atoms with van der Waals surface area (Å²) in [6, 6.07) is 1.63. The first-order chi connectivity index (χ1) is 5.36. The summed E-state index contributed by atoms with van der Waals surface area (Å²) in [7, 11) is 0. The second-order valence-electron chi connectivity index (χ2n) is 1.94. The highest BCUT2D eigenvalue weighted by molar-refractivity contribution is 5.52. The molecule has 0 aliphatic heterocycles. The first-order valence-corrected chi connectivity index (χ1v) is 2.91. The second-order valence-corrected chi connectivity index (χ2v) is 1.94. The van der Waals surface area contributed by atoms with Crippen molar-refractivity contribution < 1.29 is 0 Å². The Bertz CT molecular complexity index is 333. The standard InChI is InChI=1S/C4H5N7/c5-3-1-2(6-7-3)4-8-10-11-9-4/h1H,(H3,5,6,7)(H,8,9,10,11). The molecule has 0 amide bonds. The molecule has 2 heterocycles. The van der Waals surface area contributed by atoms with E-state index < -0.39 is 0 Å². The van der Waals surface area contributed by atoms with Gasteiger partial charge in [-0.3, -0.25) is 5.10 Å². The van der Waals surface area contributed by atoms with Crippen molar-refractivity contribution in [1.82, 2.24) is 30.8 Å². The number of tetrazole rings is 1. The molecule has 0 saturated carbocycles. The molecular weight excluding hydrogens is 146 g/mol. The Morgan fingerprint density at radius 1 is 1.36 bits per heavy atom. The lowest BCUT2D eigenvalue weighted by molar-refractivity contribution is 0.881. The highest BCUT2D eigenvalue weighted by atomic mass is 15.5. The van der Waals surface area contributed by atoms with Crippen molar-refractivity contribution in [1.29, 1.82) is 0 Å². The van der Waals surface area contributed by atoms with Gasteiger partial charge in [0.25, 0.3) is 0 Å². The van der Waals surface area contributed by atoms with Crippen LogP contribution in [0.3, 0.4) is 0 Å². The Labute approximate surface area is 61.0 Å². The molecule has 0 spiro atoms. The maximum Gasteiger partial charge on any atom is 0.222 e. The average Bonchev–Trinajstić information content (AvgIpc) is 2.55. The lowest BCUT2D eigenvalue weighted by atomic mass is 10.4. The molecule has 7 heteroatoms. The van der Waals surface area contributed by atoms with E-state index >= 15 is 0 Å². The molecule has 0 aliphatic rings. The fourth-order valence-electron chi connectivity index (χ4n) is 0.728. The molecule has 0 aromatic carbocycles. The summed E-state index contributed by atoms with van der Waals surface area (Å²) in [6.07, 6.45) is 0. The molecule has 0 fully saturated rings. The molecule has 2 aromatic heterocycles. The Morgan fingerprint density at radius 2 is 2.27 bits per heavy atom. The third-order valence-corrected chi connectivity index (χ3v) is 1.18. The van der Waals surface area contributed by atoms with Crippen molar-refractivity contribution >= 4 is 5.82 Å². The lowest BCUT2D eigenvalue weighted by Gasteiger charge is -1.80. The van der Waals surface area contributed by atoms with E-state index in [1.807, 2.05) is 0 Å². The summed E-state index contributed by atoms with van der Waals surface area (Å²) in [5.41, 5.74) is 6.01. The number of nitrogens with one attached hydrogen (secondary N) is 2. The highest BCUT2D eigenvalue weighted by Gasteiger charge is 2.04. The van der Waals surface area contributed by atoms with Crippen molar-refractivity contribution in [3.63, 3.8) is 0 Å². The van der Waals surface area contributed by atoms with E-state index in [1.165, 1.54) is 0 Å². The molecule has 0 bridgehead atoms. The Morgan fingerprint density at radius 3 is 2.82 bits per heavy atom. The van der Waals surface area contributed by atoms with Crippen molar-refractivity contribution in [3.8, 4) is 11.5 Å². The highest BCUT2D eigenvalue weighted by Crippen LogP contribution is 2.10. The number of rotatable bonds is 1. The predicted octanol–water partition coefficient (Wildman–Crippen LogP) is -0.828. The molecule has 4 N–H and O–H groups in total. The first-order valence-electron chi connectivity index (χ1n) is 2.91. The van der Waals surface area contributed by atoms with E-state index in [9.17, 15) is 0 Å². The summed E-state index contributed by atoms with van der Waals surface area (Å²) in [6.45, 7) is 0. The largest absolute Gasteiger partial charge is 0.382 e. The molecule has 0 radical (unpaired) electrons. The molecule has 0 saturated heterocycles. The van der Waals surface area contributed by atoms with Gasteiger partial charge in [-0.1, -0.05) is 0 Å². The summed E-state index contributed by atoms with van der Waals surface area (Å²) >= 11 is 0. The number of aromatic nitrogens is 6. The van der Waals surface area contributed by atoms with Crippen molar-refractivity contribution in [3.05, 3.63) is 6.07 Å². The summed E-state index contributed by atoms with van der Waals surface area (Å²) in [4.78, 5) is 0. The summed E-state index contributed by atoms with van der Waals surface area (Å²) in [5.74, 6) is 0.860. The molecule has 0 unspecified atom stereocenters. The van der Waals surface area contributed by atoms with Crippen LogP contribution >= 0.6 is 0 Å². The predicted molar refractivity (Wildman–Crippen MR) is 36.2 cm³/mol. The van der Waals surface area contributed by atoms with E-state index in [1.54, 1.807) is 6.07 Å².